The van der Waals surface area contributed by atoms with Crippen LogP contribution in [0.25, 0.3) is 5.69 Å². The second-order valence-corrected chi connectivity index (χ2v) is 7.30. The molecule has 0 aliphatic carbocycles. The van der Waals surface area contributed by atoms with Gasteiger partial charge in [0.2, 0.25) is 0 Å². The van der Waals surface area contributed by atoms with Crippen molar-refractivity contribution in [1.82, 2.24) is 14.8 Å². The maximum Gasteiger partial charge on any atom is 0.199 e. The van der Waals surface area contributed by atoms with E-state index in [0.29, 0.717) is 4.77 Å². The van der Waals surface area contributed by atoms with Crippen molar-refractivity contribution in [2.75, 3.05) is 7.11 Å². The van der Waals surface area contributed by atoms with E-state index in [0.717, 1.165) is 30.1 Å². The number of hydrogen-bond donors (Lipinski definition) is 1. The highest BCUT2D eigenvalue weighted by Gasteiger charge is 2.09. The van der Waals surface area contributed by atoms with E-state index in [9.17, 15) is 0 Å². The van der Waals surface area contributed by atoms with Gasteiger partial charge < -0.3 is 4.74 Å². The Hall–Kier alpha value is -1.62. The summed E-state index contributed by atoms with van der Waals surface area (Å²) >= 11 is 5.42. The third-order valence-corrected chi connectivity index (χ3v) is 5.08. The van der Waals surface area contributed by atoms with E-state index in [-0.39, 0.29) is 0 Å². The van der Waals surface area contributed by atoms with Crippen LogP contribution < -0.4 is 4.74 Å². The number of rotatable bonds is 13. The first-order chi connectivity index (χ1) is 12.8. The van der Waals surface area contributed by atoms with E-state index in [2.05, 4.69) is 17.1 Å². The molecule has 0 spiro atoms. The Kier molecular flexibility index (Phi) is 9.46. The van der Waals surface area contributed by atoms with E-state index in [4.69, 9.17) is 17.0 Å². The lowest BCUT2D eigenvalue weighted by atomic mass is 10.1. The third kappa shape index (κ3) is 6.60. The Balaban J connectivity index is 1.74. The van der Waals surface area contributed by atoms with Crippen LogP contribution in [0, 0.1) is 4.77 Å². The standard InChI is InChI=1S/C21H33N3OS/c1-3-4-5-6-7-8-9-10-11-12-16-20-22-23-21(26)24(20)18-14-13-15-19(17-18)25-2/h13-15,17H,3-12,16H2,1-2H3,(H,23,26). The van der Waals surface area contributed by atoms with Crippen LogP contribution in [0.15, 0.2) is 24.3 Å². The molecule has 1 N–H and O–H groups in total. The molecule has 1 heterocycles. The summed E-state index contributed by atoms with van der Waals surface area (Å²) in [5, 5.41) is 7.36. The van der Waals surface area contributed by atoms with Crippen LogP contribution in [-0.4, -0.2) is 21.9 Å². The number of H-pyrrole nitrogens is 1. The Morgan fingerprint density at radius 1 is 1.00 bits per heavy atom. The summed E-state index contributed by atoms with van der Waals surface area (Å²) in [5.41, 5.74) is 1.00. The molecule has 0 amide bonds. The minimum atomic E-state index is 0.639. The first kappa shape index (κ1) is 20.7. The molecular weight excluding hydrogens is 342 g/mol. The fourth-order valence-electron chi connectivity index (χ4n) is 3.28. The number of aromatic nitrogens is 3. The molecule has 0 atom stereocenters. The molecule has 0 saturated carbocycles. The van der Waals surface area contributed by atoms with Crippen molar-refractivity contribution in [2.45, 2.75) is 77.6 Å². The van der Waals surface area contributed by atoms with Crippen molar-refractivity contribution < 1.29 is 4.74 Å². The normalized spacial score (nSPS) is 11.0. The van der Waals surface area contributed by atoms with E-state index < -0.39 is 0 Å². The number of ether oxygens (including phenoxy) is 1. The van der Waals surface area contributed by atoms with Gasteiger partial charge in [-0.25, -0.2) is 0 Å². The van der Waals surface area contributed by atoms with Gasteiger partial charge in [0.1, 0.15) is 11.6 Å². The second kappa shape index (κ2) is 11.9. The minimum Gasteiger partial charge on any atom is -0.497 e. The van der Waals surface area contributed by atoms with E-state index >= 15 is 0 Å². The minimum absolute atomic E-state index is 0.639. The molecule has 4 nitrogen and oxygen atoms in total. The zero-order valence-corrected chi connectivity index (χ0v) is 17.1. The van der Waals surface area contributed by atoms with Crippen LogP contribution in [-0.2, 0) is 6.42 Å². The lowest BCUT2D eigenvalue weighted by Crippen LogP contribution is -2.02. The molecule has 0 unspecified atom stereocenters. The Morgan fingerprint density at radius 3 is 2.31 bits per heavy atom. The van der Waals surface area contributed by atoms with Gasteiger partial charge in [0.25, 0.3) is 0 Å². The zero-order chi connectivity index (χ0) is 18.6. The van der Waals surface area contributed by atoms with E-state index in [1.54, 1.807) is 7.11 Å². The van der Waals surface area contributed by atoms with Gasteiger partial charge in [-0.2, -0.15) is 5.10 Å². The van der Waals surface area contributed by atoms with Gasteiger partial charge in [-0.1, -0.05) is 70.8 Å². The summed E-state index contributed by atoms with van der Waals surface area (Å²) < 4.78 is 7.98. The SMILES string of the molecule is CCCCCCCCCCCCc1n[nH]c(=S)n1-c1cccc(OC)c1. The van der Waals surface area contributed by atoms with E-state index in [1.807, 2.05) is 28.8 Å². The van der Waals surface area contributed by atoms with Crippen LogP contribution in [0.1, 0.15) is 77.0 Å². The molecule has 0 aliphatic heterocycles. The van der Waals surface area contributed by atoms with Gasteiger partial charge >= 0.3 is 0 Å². The van der Waals surface area contributed by atoms with Crippen LogP contribution in [0.3, 0.4) is 0 Å². The van der Waals surface area contributed by atoms with Gasteiger partial charge in [0.05, 0.1) is 12.8 Å². The van der Waals surface area contributed by atoms with Crippen LogP contribution in [0.5, 0.6) is 5.75 Å². The number of aryl methyl sites for hydroxylation is 1. The molecule has 2 rings (SSSR count). The predicted molar refractivity (Wildman–Crippen MR) is 111 cm³/mol. The van der Waals surface area contributed by atoms with Crippen molar-refractivity contribution in [3.63, 3.8) is 0 Å². The van der Waals surface area contributed by atoms with Gasteiger partial charge in [0, 0.05) is 12.5 Å². The van der Waals surface area contributed by atoms with Gasteiger partial charge in [-0.3, -0.25) is 9.67 Å². The van der Waals surface area contributed by atoms with Crippen molar-refractivity contribution in [3.8, 4) is 11.4 Å². The molecule has 144 valence electrons. The number of unbranched alkanes of at least 4 members (excludes halogenated alkanes) is 9. The molecule has 2 aromatic rings. The summed E-state index contributed by atoms with van der Waals surface area (Å²) in [6.45, 7) is 2.27. The number of benzene rings is 1. The average Bonchev–Trinajstić information content (AvgIpc) is 3.03. The molecule has 0 fully saturated rings. The number of hydrogen-bond acceptors (Lipinski definition) is 3. The molecule has 5 heteroatoms. The fourth-order valence-corrected chi connectivity index (χ4v) is 3.54. The maximum absolute atomic E-state index is 5.42. The van der Waals surface area contributed by atoms with Crippen LogP contribution >= 0.6 is 12.2 Å². The topological polar surface area (TPSA) is 42.8 Å². The number of nitrogens with zero attached hydrogens (tertiary/aromatic N) is 2. The van der Waals surface area contributed by atoms with Crippen molar-refractivity contribution in [1.29, 1.82) is 0 Å². The van der Waals surface area contributed by atoms with Crippen molar-refractivity contribution >= 4 is 12.2 Å². The molecule has 1 aromatic heterocycles. The van der Waals surface area contributed by atoms with Crippen LogP contribution in [0.2, 0.25) is 0 Å². The molecule has 0 radical (unpaired) electrons. The van der Waals surface area contributed by atoms with Crippen molar-refractivity contribution in [2.24, 2.45) is 0 Å². The fraction of sp³-hybridized carbons (Fsp3) is 0.619. The molecule has 0 aliphatic rings. The second-order valence-electron chi connectivity index (χ2n) is 6.91. The largest absolute Gasteiger partial charge is 0.497 e. The predicted octanol–water partition coefficient (Wildman–Crippen LogP) is 6.40. The molecule has 1 aromatic carbocycles. The number of aromatic amines is 1. The van der Waals surface area contributed by atoms with Crippen molar-refractivity contribution in [3.05, 3.63) is 34.9 Å². The highest BCUT2D eigenvalue weighted by atomic mass is 32.1. The Labute approximate surface area is 163 Å². The quantitative estimate of drug-likeness (QED) is 0.325. The molecular formula is C21H33N3OS. The van der Waals surface area contributed by atoms with Gasteiger partial charge in [0.15, 0.2) is 4.77 Å². The number of methoxy groups -OCH3 is 1. The first-order valence-corrected chi connectivity index (χ1v) is 10.5. The first-order valence-electron chi connectivity index (χ1n) is 10.1. The summed E-state index contributed by atoms with van der Waals surface area (Å²) in [6, 6.07) is 7.95. The lowest BCUT2D eigenvalue weighted by molar-refractivity contribution is 0.414. The summed E-state index contributed by atoms with van der Waals surface area (Å²) in [4.78, 5) is 0. The molecule has 0 saturated heterocycles. The Bertz CT molecular complexity index is 693. The maximum atomic E-state index is 5.42. The van der Waals surface area contributed by atoms with E-state index in [1.165, 1.54) is 57.8 Å². The zero-order valence-electron chi connectivity index (χ0n) is 16.3. The van der Waals surface area contributed by atoms with Crippen LogP contribution in [0.4, 0.5) is 0 Å². The smallest absolute Gasteiger partial charge is 0.199 e. The lowest BCUT2D eigenvalue weighted by Gasteiger charge is -2.08. The average molecular weight is 376 g/mol. The third-order valence-electron chi connectivity index (χ3n) is 4.81. The van der Waals surface area contributed by atoms with Gasteiger partial charge in [-0.05, 0) is 30.8 Å². The summed E-state index contributed by atoms with van der Waals surface area (Å²) in [7, 11) is 1.68. The number of nitrogens with one attached hydrogen (secondary N) is 1. The highest BCUT2D eigenvalue weighted by Crippen LogP contribution is 2.19. The monoisotopic (exact) mass is 375 g/mol. The summed E-state index contributed by atoms with van der Waals surface area (Å²) in [5.74, 6) is 1.83. The Morgan fingerprint density at radius 2 is 1.65 bits per heavy atom. The summed E-state index contributed by atoms with van der Waals surface area (Å²) in [6.07, 6.45) is 14.3. The van der Waals surface area contributed by atoms with Gasteiger partial charge in [-0.15, -0.1) is 0 Å². The molecule has 26 heavy (non-hydrogen) atoms. The molecule has 0 bridgehead atoms. The highest BCUT2D eigenvalue weighted by molar-refractivity contribution is 7.71.